The zero-order valence-electron chi connectivity index (χ0n) is 30.1. The van der Waals surface area contributed by atoms with Gasteiger partial charge in [-0.25, -0.2) is 4.98 Å². The fourth-order valence-corrected chi connectivity index (χ4v) is 8.19. The summed E-state index contributed by atoms with van der Waals surface area (Å²) in [6.45, 7) is -2.09. The Morgan fingerprint density at radius 3 is 2.22 bits per heavy atom. The molecular formula is C44H28N6O. The summed E-state index contributed by atoms with van der Waals surface area (Å²) in [4.78, 5) is 8.48. The van der Waals surface area contributed by atoms with Crippen molar-refractivity contribution in [2.24, 2.45) is 0 Å². The number of ether oxygens (including phenoxy) is 1. The molecule has 0 N–H and O–H groups in total. The molecule has 6 aromatic carbocycles. The van der Waals surface area contributed by atoms with Gasteiger partial charge in [0.2, 0.25) is 0 Å². The number of nitrogens with zero attached hydrogens (tertiary/aromatic N) is 6. The van der Waals surface area contributed by atoms with Crippen LogP contribution in [0.5, 0.6) is 11.5 Å². The van der Waals surface area contributed by atoms with Crippen molar-refractivity contribution in [2.45, 2.75) is 0 Å². The molecule has 1 aliphatic rings. The van der Waals surface area contributed by atoms with Gasteiger partial charge in [-0.05, 0) is 66.7 Å². The number of nitriles is 1. The second kappa shape index (κ2) is 10.2. The lowest BCUT2D eigenvalue weighted by atomic mass is 10.0. The van der Waals surface area contributed by atoms with Crippen LogP contribution < -0.4 is 14.5 Å². The molecule has 0 bridgehead atoms. The number of fused-ring (bicyclic) bond motifs is 11. The molecule has 0 aliphatic carbocycles. The zero-order valence-corrected chi connectivity index (χ0v) is 27.1. The van der Waals surface area contributed by atoms with Crippen molar-refractivity contribution < 1.29 is 8.85 Å². The van der Waals surface area contributed by atoms with Crippen LogP contribution >= 0.6 is 0 Å². The van der Waals surface area contributed by atoms with Crippen LogP contribution in [0.1, 0.15) is 9.68 Å². The topological polar surface area (TPSA) is 61.2 Å². The van der Waals surface area contributed by atoms with Crippen molar-refractivity contribution in [1.82, 2.24) is 13.8 Å². The molecule has 0 unspecified atom stereocenters. The summed E-state index contributed by atoms with van der Waals surface area (Å²) < 4.78 is 35.5. The van der Waals surface area contributed by atoms with Crippen LogP contribution in [-0.4, -0.2) is 27.4 Å². The van der Waals surface area contributed by atoms with Crippen LogP contribution in [0.15, 0.2) is 140 Å². The highest BCUT2D eigenvalue weighted by Gasteiger charge is 2.25. The average Bonchev–Trinajstić information content (AvgIpc) is 3.85. The Labute approximate surface area is 296 Å². The van der Waals surface area contributed by atoms with Crippen LogP contribution in [0.25, 0.3) is 65.5 Å². The first-order valence-corrected chi connectivity index (χ1v) is 16.8. The number of aromatic nitrogens is 3. The Hall–Kier alpha value is -7.04. The molecule has 0 saturated carbocycles. The van der Waals surface area contributed by atoms with Gasteiger partial charge < -0.3 is 18.9 Å². The number of anilines is 3. The van der Waals surface area contributed by atoms with Gasteiger partial charge >= 0.3 is 0 Å². The lowest BCUT2D eigenvalue weighted by Crippen LogP contribution is -2.23. The van der Waals surface area contributed by atoms with Gasteiger partial charge in [0.25, 0.3) is 0 Å². The van der Waals surface area contributed by atoms with Crippen molar-refractivity contribution in [3.63, 3.8) is 0 Å². The lowest BCUT2D eigenvalue weighted by molar-refractivity contribution is 0.483. The third kappa shape index (κ3) is 3.84. The monoisotopic (exact) mass is 659 g/mol. The molecule has 1 aliphatic heterocycles. The van der Waals surface area contributed by atoms with Gasteiger partial charge in [0, 0.05) is 67.4 Å². The number of hydrogen-bond donors (Lipinski definition) is 0. The minimum atomic E-state index is -2.28. The van der Waals surface area contributed by atoms with E-state index in [0.717, 1.165) is 76.9 Å². The standard InChI is InChI=1S/C44H28N6O/c1-47-26-48(39-16-5-4-15-38(39)47)28-9-6-10-29(23-28)51-30-18-19-32-35-21-27(25-45)22-36-34-13-7-12-33-31-11-2-3-14-37(31)49(42(33)34)40-17-8-20-46-44(40)50(43(35)36)41(32)24-30/h2-24H,26H2,1H3/i1D3. The fraction of sp³-hybridized carbons (Fsp3) is 0.0455. The summed E-state index contributed by atoms with van der Waals surface area (Å²) in [7, 11) is 0. The van der Waals surface area contributed by atoms with E-state index in [2.05, 4.69) is 69.5 Å². The fourth-order valence-electron chi connectivity index (χ4n) is 8.19. The van der Waals surface area contributed by atoms with Crippen LogP contribution in [0.3, 0.4) is 0 Å². The van der Waals surface area contributed by atoms with Crippen molar-refractivity contribution in [1.29, 1.82) is 5.26 Å². The normalized spacial score (nSPS) is 14.1. The molecule has 10 aromatic rings. The minimum absolute atomic E-state index is 0.191. The Bertz CT molecular complexity index is 3270. The summed E-state index contributed by atoms with van der Waals surface area (Å²) in [5.74, 6) is 1.24. The molecule has 0 saturated heterocycles. The highest BCUT2D eigenvalue weighted by molar-refractivity contribution is 6.25. The quantitative estimate of drug-likeness (QED) is 0.189. The van der Waals surface area contributed by atoms with Crippen LogP contribution in [-0.2, 0) is 0 Å². The maximum absolute atomic E-state index is 10.3. The smallest absolute Gasteiger partial charge is 0.162 e. The molecule has 7 heteroatoms. The number of para-hydroxylation sites is 4. The Morgan fingerprint density at radius 2 is 1.33 bits per heavy atom. The van der Waals surface area contributed by atoms with E-state index in [1.165, 1.54) is 4.90 Å². The van der Waals surface area contributed by atoms with Gasteiger partial charge in [-0.2, -0.15) is 5.26 Å². The van der Waals surface area contributed by atoms with Gasteiger partial charge in [0.15, 0.2) is 5.65 Å². The number of pyridine rings is 1. The SMILES string of the molecule is [2H]C([2H])([2H])N1CN(c2cccc(Oc3ccc4c5cc(C#N)cc6c7cccc8c9ccccc9n(c9cccnc9n(c4c3)c56)c87)c2)c2ccccc21. The Balaban J connectivity index is 1.15. The first kappa shape index (κ1) is 25.0. The van der Waals surface area contributed by atoms with Crippen LogP contribution in [0, 0.1) is 11.3 Å². The molecule has 7 nitrogen and oxygen atoms in total. The summed E-state index contributed by atoms with van der Waals surface area (Å²) >= 11 is 0. The van der Waals surface area contributed by atoms with E-state index < -0.39 is 6.98 Å². The van der Waals surface area contributed by atoms with Crippen molar-refractivity contribution in [3.05, 3.63) is 145 Å². The number of rotatable bonds is 3. The number of hydrogen-bond acceptors (Lipinski definition) is 5. The van der Waals surface area contributed by atoms with E-state index >= 15 is 0 Å². The van der Waals surface area contributed by atoms with E-state index in [4.69, 9.17) is 13.8 Å². The van der Waals surface area contributed by atoms with Gasteiger partial charge in [-0.3, -0.25) is 4.40 Å². The van der Waals surface area contributed by atoms with Crippen LogP contribution in [0.2, 0.25) is 0 Å². The number of benzene rings is 6. The largest absolute Gasteiger partial charge is 0.457 e. The third-order valence-corrected chi connectivity index (χ3v) is 10.3. The average molecular weight is 660 g/mol. The van der Waals surface area contributed by atoms with Crippen molar-refractivity contribution in [2.75, 3.05) is 23.4 Å². The van der Waals surface area contributed by atoms with E-state index in [1.807, 2.05) is 90.0 Å². The maximum atomic E-state index is 10.3. The van der Waals surface area contributed by atoms with Gasteiger partial charge in [0.1, 0.15) is 11.5 Å². The molecule has 11 rings (SSSR count). The van der Waals surface area contributed by atoms with Gasteiger partial charge in [0.05, 0.1) is 57.3 Å². The van der Waals surface area contributed by atoms with E-state index in [0.29, 0.717) is 22.7 Å². The molecule has 0 radical (unpaired) electrons. The second-order valence-electron chi connectivity index (χ2n) is 13.0. The molecule has 51 heavy (non-hydrogen) atoms. The minimum Gasteiger partial charge on any atom is -0.457 e. The van der Waals surface area contributed by atoms with Crippen molar-refractivity contribution in [3.8, 4) is 17.6 Å². The summed E-state index contributed by atoms with van der Waals surface area (Å²) in [6.07, 6.45) is 1.83. The van der Waals surface area contributed by atoms with Gasteiger partial charge in [-0.15, -0.1) is 0 Å². The first-order chi connectivity index (χ1) is 26.4. The molecule has 5 heterocycles. The molecule has 240 valence electrons. The molecule has 0 fully saturated rings. The molecule has 0 atom stereocenters. The van der Waals surface area contributed by atoms with Crippen molar-refractivity contribution >= 4 is 82.6 Å². The van der Waals surface area contributed by atoms with E-state index in [9.17, 15) is 5.26 Å². The summed E-state index contributed by atoms with van der Waals surface area (Å²) in [5.41, 5.74) is 8.62. The maximum Gasteiger partial charge on any atom is 0.162 e. The van der Waals surface area contributed by atoms with E-state index in [1.54, 1.807) is 0 Å². The Kier molecular flexibility index (Phi) is 5.02. The first-order valence-electron chi connectivity index (χ1n) is 18.3. The highest BCUT2D eigenvalue weighted by atomic mass is 16.5. The highest BCUT2D eigenvalue weighted by Crippen LogP contribution is 2.43. The molecular weight excluding hydrogens is 629 g/mol. The third-order valence-electron chi connectivity index (χ3n) is 10.3. The van der Waals surface area contributed by atoms with Crippen LogP contribution in [0.4, 0.5) is 17.1 Å². The molecule has 0 spiro atoms. The molecule has 0 amide bonds. The summed E-state index contributed by atoms with van der Waals surface area (Å²) in [6, 6.07) is 46.7. The predicted molar refractivity (Wildman–Crippen MR) is 207 cm³/mol. The second-order valence-corrected chi connectivity index (χ2v) is 13.0. The van der Waals surface area contributed by atoms with Gasteiger partial charge in [-0.1, -0.05) is 54.6 Å². The summed E-state index contributed by atoms with van der Waals surface area (Å²) in [5, 5.41) is 16.5. The van der Waals surface area contributed by atoms with E-state index in [-0.39, 0.29) is 6.67 Å². The zero-order chi connectivity index (χ0) is 36.3. The molecule has 4 aromatic heterocycles. The predicted octanol–water partition coefficient (Wildman–Crippen LogP) is 10.6. The Morgan fingerprint density at radius 1 is 0.627 bits per heavy atom. The lowest BCUT2D eigenvalue weighted by Gasteiger charge is -2.20.